The van der Waals surface area contributed by atoms with Crippen molar-refractivity contribution >= 4 is 5.57 Å². The first-order valence-electron chi connectivity index (χ1n) is 5.41. The van der Waals surface area contributed by atoms with Crippen LogP contribution < -0.4 is 0 Å². The molecule has 0 N–H and O–H groups in total. The van der Waals surface area contributed by atoms with Crippen LogP contribution in [0.4, 0.5) is 4.39 Å². The normalized spacial score (nSPS) is 15.8. The van der Waals surface area contributed by atoms with Gasteiger partial charge in [-0.2, -0.15) is 0 Å². The Balaban J connectivity index is 2.51. The van der Waals surface area contributed by atoms with E-state index in [-0.39, 0.29) is 5.82 Å². The second-order valence-corrected chi connectivity index (χ2v) is 4.29. The molecular formula is C15H15F. The molecule has 0 bridgehead atoms. The van der Waals surface area contributed by atoms with E-state index in [1.54, 1.807) is 6.07 Å². The minimum atomic E-state index is -0.159. The highest BCUT2D eigenvalue weighted by Gasteiger charge is 2.12. The van der Waals surface area contributed by atoms with Gasteiger partial charge >= 0.3 is 0 Å². The van der Waals surface area contributed by atoms with Gasteiger partial charge < -0.3 is 0 Å². The molecule has 0 unspecified atom stereocenters. The van der Waals surface area contributed by atoms with Crippen LogP contribution in [0.1, 0.15) is 24.5 Å². The first-order chi connectivity index (χ1) is 7.58. The Hall–Kier alpha value is -1.63. The van der Waals surface area contributed by atoms with E-state index in [1.807, 2.05) is 32.1 Å². The lowest BCUT2D eigenvalue weighted by molar-refractivity contribution is 0.623. The molecule has 1 aliphatic rings. The Labute approximate surface area is 95.8 Å². The minimum absolute atomic E-state index is 0.159. The largest absolute Gasteiger partial charge is 0.206 e. The number of rotatable bonds is 1. The third-order valence-corrected chi connectivity index (χ3v) is 2.86. The molecule has 1 aliphatic carbocycles. The number of benzene rings is 1. The van der Waals surface area contributed by atoms with Gasteiger partial charge in [0.15, 0.2) is 0 Å². The summed E-state index contributed by atoms with van der Waals surface area (Å²) in [5, 5.41) is 0. The standard InChI is InChI=1S/C15H15F/c1-10-4-6-12(3)14(8-10)13-7-5-11(2)9-15(13)16/h5-9H,1,4H2,2-3H3. The maximum Gasteiger partial charge on any atom is 0.131 e. The summed E-state index contributed by atoms with van der Waals surface area (Å²) in [5.41, 5.74) is 4.71. The molecule has 0 radical (unpaired) electrons. The van der Waals surface area contributed by atoms with Gasteiger partial charge in [0.2, 0.25) is 0 Å². The second kappa shape index (κ2) is 4.09. The summed E-state index contributed by atoms with van der Waals surface area (Å²) in [7, 11) is 0. The van der Waals surface area contributed by atoms with E-state index in [1.165, 1.54) is 0 Å². The molecule has 0 saturated carbocycles. The van der Waals surface area contributed by atoms with Crippen molar-refractivity contribution in [3.8, 4) is 0 Å². The zero-order valence-electron chi connectivity index (χ0n) is 9.68. The van der Waals surface area contributed by atoms with Crippen molar-refractivity contribution in [2.75, 3.05) is 0 Å². The van der Waals surface area contributed by atoms with Gasteiger partial charge in [0.1, 0.15) is 5.82 Å². The van der Waals surface area contributed by atoms with E-state index >= 15 is 0 Å². The molecule has 0 heterocycles. The highest BCUT2D eigenvalue weighted by atomic mass is 19.1. The van der Waals surface area contributed by atoms with Crippen molar-refractivity contribution in [2.45, 2.75) is 20.3 Å². The summed E-state index contributed by atoms with van der Waals surface area (Å²) < 4.78 is 13.8. The van der Waals surface area contributed by atoms with Crippen LogP contribution in [0.2, 0.25) is 0 Å². The Morgan fingerprint density at radius 3 is 2.69 bits per heavy atom. The Bertz CT molecular complexity index is 504. The summed E-state index contributed by atoms with van der Waals surface area (Å²) in [5.74, 6) is -0.159. The van der Waals surface area contributed by atoms with Crippen molar-refractivity contribution < 1.29 is 4.39 Å². The summed E-state index contributed by atoms with van der Waals surface area (Å²) in [6.07, 6.45) is 4.93. The number of aryl methyl sites for hydroxylation is 1. The fourth-order valence-corrected chi connectivity index (χ4v) is 1.90. The molecular weight excluding hydrogens is 199 g/mol. The number of allylic oxidation sites excluding steroid dienone is 5. The fraction of sp³-hybridized carbons (Fsp3) is 0.200. The van der Waals surface area contributed by atoms with Crippen LogP contribution in [0.25, 0.3) is 5.57 Å². The van der Waals surface area contributed by atoms with Crippen LogP contribution in [0.15, 0.2) is 48.1 Å². The molecule has 0 aliphatic heterocycles. The molecule has 82 valence electrons. The monoisotopic (exact) mass is 214 g/mol. The lowest BCUT2D eigenvalue weighted by Crippen LogP contribution is -1.97. The molecule has 1 aromatic carbocycles. The zero-order chi connectivity index (χ0) is 11.7. The average molecular weight is 214 g/mol. The van der Waals surface area contributed by atoms with E-state index in [0.717, 1.165) is 28.7 Å². The quantitative estimate of drug-likeness (QED) is 0.649. The Kier molecular flexibility index (Phi) is 2.78. The van der Waals surface area contributed by atoms with Gasteiger partial charge in [-0.1, -0.05) is 36.4 Å². The van der Waals surface area contributed by atoms with Crippen LogP contribution >= 0.6 is 0 Å². The highest BCUT2D eigenvalue weighted by molar-refractivity contribution is 5.82. The molecule has 1 heteroatoms. The van der Waals surface area contributed by atoms with Crippen molar-refractivity contribution in [2.24, 2.45) is 0 Å². The average Bonchev–Trinajstić information content (AvgIpc) is 2.22. The van der Waals surface area contributed by atoms with Crippen LogP contribution in [0.5, 0.6) is 0 Å². The molecule has 1 aromatic rings. The van der Waals surface area contributed by atoms with Crippen molar-refractivity contribution in [3.05, 3.63) is 65.0 Å². The third kappa shape index (κ3) is 1.99. The van der Waals surface area contributed by atoms with E-state index < -0.39 is 0 Å². The molecule has 0 saturated heterocycles. The lowest BCUT2D eigenvalue weighted by Gasteiger charge is -2.15. The number of hydrogen-bond donors (Lipinski definition) is 0. The van der Waals surface area contributed by atoms with Gasteiger partial charge in [-0.25, -0.2) is 4.39 Å². The molecule has 0 aromatic heterocycles. The fourth-order valence-electron chi connectivity index (χ4n) is 1.90. The van der Waals surface area contributed by atoms with Gasteiger partial charge in [0.05, 0.1) is 0 Å². The smallest absolute Gasteiger partial charge is 0.131 e. The van der Waals surface area contributed by atoms with Crippen LogP contribution in [-0.2, 0) is 0 Å². The molecule has 0 fully saturated rings. The van der Waals surface area contributed by atoms with E-state index in [0.29, 0.717) is 5.56 Å². The highest BCUT2D eigenvalue weighted by Crippen LogP contribution is 2.31. The van der Waals surface area contributed by atoms with Gasteiger partial charge in [0.25, 0.3) is 0 Å². The van der Waals surface area contributed by atoms with Gasteiger partial charge in [0, 0.05) is 5.56 Å². The van der Waals surface area contributed by atoms with Crippen LogP contribution in [-0.4, -0.2) is 0 Å². The zero-order valence-corrected chi connectivity index (χ0v) is 9.68. The second-order valence-electron chi connectivity index (χ2n) is 4.29. The van der Waals surface area contributed by atoms with Gasteiger partial charge in [-0.05, 0) is 43.0 Å². The summed E-state index contributed by atoms with van der Waals surface area (Å²) >= 11 is 0. The third-order valence-electron chi connectivity index (χ3n) is 2.86. The molecule has 0 spiro atoms. The van der Waals surface area contributed by atoms with Crippen LogP contribution in [0, 0.1) is 12.7 Å². The van der Waals surface area contributed by atoms with Crippen molar-refractivity contribution in [1.29, 1.82) is 0 Å². The van der Waals surface area contributed by atoms with Gasteiger partial charge in [-0.15, -0.1) is 0 Å². The summed E-state index contributed by atoms with van der Waals surface area (Å²) in [6.45, 7) is 7.83. The Morgan fingerprint density at radius 1 is 1.25 bits per heavy atom. The molecule has 2 rings (SSSR count). The van der Waals surface area contributed by atoms with E-state index in [9.17, 15) is 4.39 Å². The van der Waals surface area contributed by atoms with E-state index in [2.05, 4.69) is 12.7 Å². The summed E-state index contributed by atoms with van der Waals surface area (Å²) in [6, 6.07) is 5.34. The summed E-state index contributed by atoms with van der Waals surface area (Å²) in [4.78, 5) is 0. The van der Waals surface area contributed by atoms with Crippen molar-refractivity contribution in [1.82, 2.24) is 0 Å². The molecule has 0 atom stereocenters. The van der Waals surface area contributed by atoms with E-state index in [4.69, 9.17) is 0 Å². The molecule has 0 nitrogen and oxygen atoms in total. The molecule has 16 heavy (non-hydrogen) atoms. The minimum Gasteiger partial charge on any atom is -0.206 e. The first kappa shape index (κ1) is 10.9. The van der Waals surface area contributed by atoms with Crippen LogP contribution in [0.3, 0.4) is 0 Å². The SMILES string of the molecule is C=C1C=C(c2ccc(C)cc2F)C(C)=CC1. The number of hydrogen-bond acceptors (Lipinski definition) is 0. The maximum absolute atomic E-state index is 13.8. The number of halogens is 1. The first-order valence-corrected chi connectivity index (χ1v) is 5.41. The van der Waals surface area contributed by atoms with Crippen molar-refractivity contribution in [3.63, 3.8) is 0 Å². The lowest BCUT2D eigenvalue weighted by atomic mass is 9.90. The topological polar surface area (TPSA) is 0 Å². The molecule has 0 amide bonds. The van der Waals surface area contributed by atoms with Gasteiger partial charge in [-0.3, -0.25) is 0 Å². The Morgan fingerprint density at radius 2 is 2.00 bits per heavy atom. The predicted molar refractivity (Wildman–Crippen MR) is 66.6 cm³/mol. The predicted octanol–water partition coefficient (Wildman–Crippen LogP) is 4.42. The maximum atomic E-state index is 13.8.